The fraction of sp³-hybridized carbons (Fsp3) is 0.444. The molecule has 2 rings (SSSR count). The normalized spacial score (nSPS) is 13.0. The van der Waals surface area contributed by atoms with E-state index in [0.29, 0.717) is 18.9 Å². The summed E-state index contributed by atoms with van der Waals surface area (Å²) in [7, 11) is -3.77. The molecule has 9 heteroatoms. The highest BCUT2D eigenvalue weighted by Crippen LogP contribution is 2.26. The van der Waals surface area contributed by atoms with Crippen LogP contribution in [0.15, 0.2) is 35.4 Å². The van der Waals surface area contributed by atoms with Gasteiger partial charge in [-0.1, -0.05) is 32.4 Å². The third kappa shape index (κ3) is 4.51. The molecular formula is C18H25ClN4O3S. The Morgan fingerprint density at radius 3 is 2.52 bits per heavy atom. The number of nitrogens with one attached hydrogen (secondary N) is 1. The molecule has 0 spiro atoms. The van der Waals surface area contributed by atoms with E-state index < -0.39 is 15.9 Å². The number of amides is 1. The average molecular weight is 413 g/mol. The van der Waals surface area contributed by atoms with E-state index in [4.69, 9.17) is 11.6 Å². The van der Waals surface area contributed by atoms with E-state index in [9.17, 15) is 13.2 Å². The third-order valence-electron chi connectivity index (χ3n) is 4.44. The van der Waals surface area contributed by atoms with Gasteiger partial charge in [0, 0.05) is 24.7 Å². The Labute approximate surface area is 165 Å². The molecule has 0 radical (unpaired) electrons. The smallest absolute Gasteiger partial charge is 0.256 e. The molecule has 2 aromatic rings. The van der Waals surface area contributed by atoms with Crippen LogP contribution in [0.25, 0.3) is 0 Å². The van der Waals surface area contributed by atoms with Crippen molar-refractivity contribution in [3.63, 3.8) is 0 Å². The molecule has 0 aliphatic rings. The van der Waals surface area contributed by atoms with Crippen molar-refractivity contribution < 1.29 is 13.2 Å². The summed E-state index contributed by atoms with van der Waals surface area (Å²) in [6.07, 6.45) is 2.47. The zero-order valence-corrected chi connectivity index (χ0v) is 17.5. The number of carbonyl (C=O) groups excluding carboxylic acids is 1. The van der Waals surface area contributed by atoms with Gasteiger partial charge in [-0.05, 0) is 31.5 Å². The molecule has 1 atom stereocenters. The highest BCUT2D eigenvalue weighted by Gasteiger charge is 2.25. The second kappa shape index (κ2) is 8.86. The molecule has 0 fully saturated rings. The zero-order valence-electron chi connectivity index (χ0n) is 15.9. The van der Waals surface area contributed by atoms with E-state index in [1.165, 1.54) is 22.5 Å². The third-order valence-corrected chi connectivity index (χ3v) is 6.97. The van der Waals surface area contributed by atoms with Crippen LogP contribution in [0.3, 0.4) is 0 Å². The highest BCUT2D eigenvalue weighted by molar-refractivity contribution is 7.89. The Balaban J connectivity index is 2.36. The van der Waals surface area contributed by atoms with Crippen LogP contribution >= 0.6 is 11.6 Å². The maximum Gasteiger partial charge on any atom is 0.256 e. The van der Waals surface area contributed by atoms with Crippen molar-refractivity contribution in [2.75, 3.05) is 18.4 Å². The molecular weight excluding hydrogens is 388 g/mol. The van der Waals surface area contributed by atoms with Gasteiger partial charge in [-0.3, -0.25) is 4.79 Å². The van der Waals surface area contributed by atoms with Crippen LogP contribution in [0.5, 0.6) is 0 Å². The van der Waals surface area contributed by atoms with Crippen molar-refractivity contribution >= 4 is 33.3 Å². The summed E-state index contributed by atoms with van der Waals surface area (Å²) >= 11 is 6.12. The molecule has 7 nitrogen and oxygen atoms in total. The van der Waals surface area contributed by atoms with Crippen LogP contribution in [-0.2, 0) is 10.0 Å². The minimum absolute atomic E-state index is 0.0732. The number of benzene rings is 1. The second-order valence-electron chi connectivity index (χ2n) is 6.11. The van der Waals surface area contributed by atoms with Gasteiger partial charge in [-0.2, -0.15) is 9.40 Å². The molecule has 1 aromatic carbocycles. The zero-order chi connectivity index (χ0) is 20.2. The van der Waals surface area contributed by atoms with E-state index >= 15 is 0 Å². The average Bonchev–Trinajstić information content (AvgIpc) is 3.10. The molecule has 0 saturated carbocycles. The lowest BCUT2D eigenvalue weighted by Crippen LogP contribution is -2.31. The molecule has 0 saturated heterocycles. The lowest BCUT2D eigenvalue weighted by Gasteiger charge is -2.19. The summed E-state index contributed by atoms with van der Waals surface area (Å²) in [5, 5.41) is 7.10. The van der Waals surface area contributed by atoms with E-state index in [1.54, 1.807) is 30.8 Å². The van der Waals surface area contributed by atoms with Crippen LogP contribution in [0.2, 0.25) is 5.02 Å². The van der Waals surface area contributed by atoms with E-state index in [1.807, 2.05) is 13.8 Å². The minimum atomic E-state index is -3.77. The summed E-state index contributed by atoms with van der Waals surface area (Å²) in [4.78, 5) is 12.6. The summed E-state index contributed by atoms with van der Waals surface area (Å²) in [5.74, 6) is 0.130. The molecule has 0 aliphatic carbocycles. The standard InChI is InChI=1S/C18H25ClN4O3S/c1-5-13(4)23-17(10-11-20-23)21-18(24)14-8-9-15(19)16(12-14)27(25,26)22(6-2)7-3/h8-13H,5-7H2,1-4H3,(H,21,24)/t13-/m0/s1. The molecule has 0 aliphatic heterocycles. The molecule has 148 valence electrons. The molecule has 1 amide bonds. The molecule has 1 aromatic heterocycles. The number of sulfonamides is 1. The number of aromatic nitrogens is 2. The maximum absolute atomic E-state index is 12.8. The van der Waals surface area contributed by atoms with Gasteiger partial charge in [0.15, 0.2) is 0 Å². The summed E-state index contributed by atoms with van der Waals surface area (Å²) < 4.78 is 28.6. The second-order valence-corrected chi connectivity index (χ2v) is 8.42. The first kappa shape index (κ1) is 21.4. The van der Waals surface area contributed by atoms with Crippen molar-refractivity contribution in [3.05, 3.63) is 41.0 Å². The van der Waals surface area contributed by atoms with Crippen molar-refractivity contribution in [2.45, 2.75) is 45.1 Å². The topological polar surface area (TPSA) is 84.3 Å². The predicted octanol–water partition coefficient (Wildman–Crippen LogP) is 3.79. The Morgan fingerprint density at radius 2 is 1.93 bits per heavy atom. The summed E-state index contributed by atoms with van der Waals surface area (Å²) in [6, 6.07) is 6.07. The fourth-order valence-electron chi connectivity index (χ4n) is 2.67. The summed E-state index contributed by atoms with van der Waals surface area (Å²) in [6.45, 7) is 8.17. The van der Waals surface area contributed by atoms with Gasteiger partial charge in [0.2, 0.25) is 10.0 Å². The SMILES string of the molecule is CC[C@H](C)n1nccc1NC(=O)c1ccc(Cl)c(S(=O)(=O)N(CC)CC)c1. The number of rotatable bonds is 8. The van der Waals surface area contributed by atoms with E-state index in [2.05, 4.69) is 10.4 Å². The van der Waals surface area contributed by atoms with Crippen molar-refractivity contribution in [3.8, 4) is 0 Å². The number of nitrogens with zero attached hydrogens (tertiary/aromatic N) is 3. The van der Waals surface area contributed by atoms with E-state index in [-0.39, 0.29) is 21.5 Å². The minimum Gasteiger partial charge on any atom is -0.307 e. The van der Waals surface area contributed by atoms with Crippen molar-refractivity contribution in [2.24, 2.45) is 0 Å². The van der Waals surface area contributed by atoms with Gasteiger partial charge in [0.05, 0.1) is 17.3 Å². The molecule has 27 heavy (non-hydrogen) atoms. The number of hydrogen-bond acceptors (Lipinski definition) is 4. The lowest BCUT2D eigenvalue weighted by molar-refractivity contribution is 0.102. The first-order chi connectivity index (χ1) is 12.8. The van der Waals surface area contributed by atoms with Crippen LogP contribution in [0.1, 0.15) is 50.5 Å². The van der Waals surface area contributed by atoms with Crippen molar-refractivity contribution in [1.29, 1.82) is 0 Å². The number of halogens is 1. The first-order valence-electron chi connectivity index (χ1n) is 8.90. The Kier molecular flexibility index (Phi) is 7.02. The largest absolute Gasteiger partial charge is 0.307 e. The Bertz CT molecular complexity index is 907. The maximum atomic E-state index is 12.8. The monoisotopic (exact) mass is 412 g/mol. The fourth-order valence-corrected chi connectivity index (χ4v) is 4.63. The lowest BCUT2D eigenvalue weighted by atomic mass is 10.2. The van der Waals surface area contributed by atoms with Gasteiger partial charge in [0.25, 0.3) is 5.91 Å². The van der Waals surface area contributed by atoms with Crippen molar-refractivity contribution in [1.82, 2.24) is 14.1 Å². The van der Waals surface area contributed by atoms with Crippen LogP contribution < -0.4 is 5.32 Å². The summed E-state index contributed by atoms with van der Waals surface area (Å²) in [5.41, 5.74) is 0.210. The van der Waals surface area contributed by atoms with Gasteiger partial charge < -0.3 is 5.32 Å². The van der Waals surface area contributed by atoms with Gasteiger partial charge in [-0.15, -0.1) is 0 Å². The molecule has 0 bridgehead atoms. The van der Waals surface area contributed by atoms with Crippen LogP contribution in [0, 0.1) is 0 Å². The quantitative estimate of drug-likeness (QED) is 0.714. The predicted molar refractivity (Wildman–Crippen MR) is 107 cm³/mol. The Morgan fingerprint density at radius 1 is 1.26 bits per heavy atom. The van der Waals surface area contributed by atoms with Crippen LogP contribution in [0.4, 0.5) is 5.82 Å². The molecule has 1 N–H and O–H groups in total. The number of hydrogen-bond donors (Lipinski definition) is 1. The van der Waals surface area contributed by atoms with E-state index in [0.717, 1.165) is 6.42 Å². The number of carbonyl (C=O) groups is 1. The first-order valence-corrected chi connectivity index (χ1v) is 10.7. The van der Waals surface area contributed by atoms with Gasteiger partial charge >= 0.3 is 0 Å². The Hall–Kier alpha value is -1.90. The van der Waals surface area contributed by atoms with Gasteiger partial charge in [-0.25, -0.2) is 13.1 Å². The highest BCUT2D eigenvalue weighted by atomic mass is 35.5. The molecule has 0 unspecified atom stereocenters. The van der Waals surface area contributed by atoms with Gasteiger partial charge in [0.1, 0.15) is 10.7 Å². The number of anilines is 1. The molecule has 1 heterocycles. The van der Waals surface area contributed by atoms with Crippen LogP contribution in [-0.4, -0.2) is 41.5 Å².